The van der Waals surface area contributed by atoms with Crippen LogP contribution in [0.4, 0.5) is 10.1 Å². The molecule has 1 fully saturated rings. The maximum absolute atomic E-state index is 14.6. The normalized spacial score (nSPS) is 18.6. The Bertz CT molecular complexity index is 1340. The number of aromatic nitrogens is 4. The molecule has 1 aliphatic rings. The molecule has 1 saturated carbocycles. The zero-order chi connectivity index (χ0) is 23.8. The van der Waals surface area contributed by atoms with Crippen molar-refractivity contribution in [2.45, 2.75) is 37.9 Å². The molecule has 0 aliphatic heterocycles. The van der Waals surface area contributed by atoms with Crippen molar-refractivity contribution in [3.05, 3.63) is 42.5 Å². The van der Waals surface area contributed by atoms with E-state index in [1.54, 1.807) is 12.7 Å². The van der Waals surface area contributed by atoms with E-state index in [1.807, 2.05) is 47.8 Å². The van der Waals surface area contributed by atoms with E-state index in [0.717, 1.165) is 53.7 Å². The van der Waals surface area contributed by atoms with Crippen molar-refractivity contribution in [2.75, 3.05) is 32.1 Å². The van der Waals surface area contributed by atoms with Gasteiger partial charge in [0.25, 0.3) is 5.91 Å². The maximum Gasteiger partial charge on any atom is 0.253 e. The summed E-state index contributed by atoms with van der Waals surface area (Å²) in [7, 11) is 3.83. The number of carbonyl (C=O) groups is 1. The lowest BCUT2D eigenvalue weighted by Gasteiger charge is -2.27. The predicted molar refractivity (Wildman–Crippen MR) is 133 cm³/mol. The van der Waals surface area contributed by atoms with Crippen molar-refractivity contribution in [1.29, 1.82) is 0 Å². The summed E-state index contributed by atoms with van der Waals surface area (Å²) in [4.78, 5) is 26.6. The maximum atomic E-state index is 14.6. The molecule has 0 unspecified atom stereocenters. The average molecular weight is 464 g/mol. The van der Waals surface area contributed by atoms with Gasteiger partial charge in [-0.2, -0.15) is 0 Å². The van der Waals surface area contributed by atoms with Crippen LogP contribution < -0.4 is 16.0 Å². The van der Waals surface area contributed by atoms with Crippen molar-refractivity contribution in [1.82, 2.24) is 24.8 Å². The van der Waals surface area contributed by atoms with Crippen LogP contribution in [0.15, 0.2) is 36.9 Å². The first-order chi connectivity index (χ1) is 16.5. The molecule has 0 saturated heterocycles. The smallest absolute Gasteiger partial charge is 0.253 e. The number of amides is 1. The van der Waals surface area contributed by atoms with Crippen LogP contribution in [0.5, 0.6) is 0 Å². The molecule has 178 valence electrons. The van der Waals surface area contributed by atoms with Gasteiger partial charge in [-0.3, -0.25) is 4.79 Å². The number of nitrogens with one attached hydrogen (secondary N) is 2. The van der Waals surface area contributed by atoms with Gasteiger partial charge in [0.1, 0.15) is 6.17 Å². The molecule has 2 heterocycles. The van der Waals surface area contributed by atoms with Crippen molar-refractivity contribution in [2.24, 2.45) is 5.73 Å². The molecule has 2 aromatic carbocycles. The van der Waals surface area contributed by atoms with Crippen LogP contribution in [0.1, 0.15) is 42.1 Å². The molecule has 2 atom stereocenters. The van der Waals surface area contributed by atoms with Crippen LogP contribution in [-0.4, -0.2) is 58.8 Å². The highest BCUT2D eigenvalue weighted by molar-refractivity contribution is 6.13. The van der Waals surface area contributed by atoms with Gasteiger partial charge in [-0.05, 0) is 43.7 Å². The minimum Gasteiger partial charge on any atom is -0.373 e. The number of nitrogens with two attached hydrogens (primary N) is 1. The molecule has 9 heteroatoms. The number of carbonyl (C=O) groups excluding carboxylic acids is 1. The summed E-state index contributed by atoms with van der Waals surface area (Å²) < 4.78 is 16.6. The second-order valence-corrected chi connectivity index (χ2v) is 9.06. The van der Waals surface area contributed by atoms with Gasteiger partial charge in [0, 0.05) is 25.7 Å². The zero-order valence-electron chi connectivity index (χ0n) is 19.5. The third-order valence-corrected chi connectivity index (χ3v) is 6.93. The summed E-state index contributed by atoms with van der Waals surface area (Å²) in [6.45, 7) is 1.45. The molecule has 8 nitrogen and oxygen atoms in total. The molecule has 2 aromatic heterocycles. The molecular weight excluding hydrogens is 433 g/mol. The van der Waals surface area contributed by atoms with E-state index in [4.69, 9.17) is 5.73 Å². The number of primary amides is 1. The first kappa shape index (κ1) is 22.3. The Morgan fingerprint density at radius 2 is 2.12 bits per heavy atom. The number of fused-ring (bicyclic) bond motifs is 2. The minimum absolute atomic E-state index is 0.162. The third kappa shape index (κ3) is 3.79. The van der Waals surface area contributed by atoms with E-state index >= 15 is 0 Å². The van der Waals surface area contributed by atoms with E-state index in [0.29, 0.717) is 29.6 Å². The number of aromatic amines is 1. The fourth-order valence-electron chi connectivity index (χ4n) is 5.11. The van der Waals surface area contributed by atoms with Crippen molar-refractivity contribution in [3.8, 4) is 11.1 Å². The van der Waals surface area contributed by atoms with Crippen LogP contribution in [0.3, 0.4) is 0 Å². The molecule has 34 heavy (non-hydrogen) atoms. The lowest BCUT2D eigenvalue weighted by molar-refractivity contribution is 0.100. The van der Waals surface area contributed by atoms with Gasteiger partial charge in [0.2, 0.25) is 0 Å². The number of halogens is 1. The molecular formula is C25H30FN7O. The Kier molecular flexibility index (Phi) is 5.95. The number of imidazole rings is 2. The van der Waals surface area contributed by atoms with E-state index in [1.165, 1.54) is 0 Å². The number of benzene rings is 2. The Hall–Kier alpha value is -3.46. The highest BCUT2D eigenvalue weighted by atomic mass is 19.1. The van der Waals surface area contributed by atoms with Gasteiger partial charge in [0.15, 0.2) is 0 Å². The topological polar surface area (TPSA) is 105 Å². The number of rotatable bonds is 7. The molecule has 1 amide bonds. The van der Waals surface area contributed by atoms with Crippen molar-refractivity contribution >= 4 is 33.7 Å². The summed E-state index contributed by atoms with van der Waals surface area (Å²) in [6.07, 6.45) is 5.92. The molecule has 0 radical (unpaired) electrons. The Labute approximate surface area is 197 Å². The van der Waals surface area contributed by atoms with Crippen LogP contribution in [0.2, 0.25) is 0 Å². The monoisotopic (exact) mass is 463 g/mol. The molecule has 4 N–H and O–H groups in total. The lowest BCUT2D eigenvalue weighted by Crippen LogP contribution is -2.29. The summed E-state index contributed by atoms with van der Waals surface area (Å²) in [5, 5.41) is 3.13. The summed E-state index contributed by atoms with van der Waals surface area (Å²) in [5.41, 5.74) is 11.8. The highest BCUT2D eigenvalue weighted by Crippen LogP contribution is 2.38. The summed E-state index contributed by atoms with van der Waals surface area (Å²) >= 11 is 0. The number of alkyl halides is 1. The van der Waals surface area contributed by atoms with Crippen LogP contribution >= 0.6 is 0 Å². The standard InChI is InChI=1S/C25H30FN7O/c1-28-9-10-32(2)21-12-16(23-24(30-13-29-23)22(21)25(27)34)15-7-8-20-18(11-15)31-14-33(20)19-6-4-3-5-17(19)26/h7-8,11-14,17,19,28H,3-6,9-10H2,1-2H3,(H2,27,34)(H,29,30)/t17-,19-/m1/s1. The summed E-state index contributed by atoms with van der Waals surface area (Å²) in [6, 6.07) is 7.83. The number of hydrogen-bond acceptors (Lipinski definition) is 5. The molecule has 0 bridgehead atoms. The van der Waals surface area contributed by atoms with Gasteiger partial charge >= 0.3 is 0 Å². The molecule has 1 aliphatic carbocycles. The summed E-state index contributed by atoms with van der Waals surface area (Å²) in [5.74, 6) is -0.505. The van der Waals surface area contributed by atoms with Gasteiger partial charge < -0.3 is 25.5 Å². The first-order valence-electron chi connectivity index (χ1n) is 11.8. The number of H-pyrrole nitrogens is 1. The number of likely N-dealkylation sites (N-methyl/N-ethyl adjacent to an activating group) is 2. The van der Waals surface area contributed by atoms with Crippen LogP contribution in [0, 0.1) is 0 Å². The quantitative estimate of drug-likeness (QED) is 0.387. The van der Waals surface area contributed by atoms with E-state index in [-0.39, 0.29) is 6.04 Å². The largest absolute Gasteiger partial charge is 0.373 e. The van der Waals surface area contributed by atoms with E-state index < -0.39 is 12.1 Å². The number of nitrogens with zero attached hydrogens (tertiary/aromatic N) is 4. The van der Waals surface area contributed by atoms with E-state index in [9.17, 15) is 9.18 Å². The lowest BCUT2D eigenvalue weighted by atomic mass is 9.93. The van der Waals surface area contributed by atoms with Gasteiger partial charge in [-0.1, -0.05) is 18.9 Å². The average Bonchev–Trinajstić information content (AvgIpc) is 3.48. The number of anilines is 1. The second-order valence-electron chi connectivity index (χ2n) is 9.06. The molecule has 5 rings (SSSR count). The number of hydrogen-bond donors (Lipinski definition) is 3. The fraction of sp³-hybridized carbons (Fsp3) is 0.400. The minimum atomic E-state index is -0.841. The van der Waals surface area contributed by atoms with Gasteiger partial charge in [-0.15, -0.1) is 0 Å². The second kappa shape index (κ2) is 9.06. The van der Waals surface area contributed by atoms with Crippen molar-refractivity contribution in [3.63, 3.8) is 0 Å². The Balaban J connectivity index is 1.62. The zero-order valence-corrected chi connectivity index (χ0v) is 19.5. The van der Waals surface area contributed by atoms with Crippen LogP contribution in [-0.2, 0) is 0 Å². The first-order valence-corrected chi connectivity index (χ1v) is 11.8. The Morgan fingerprint density at radius 3 is 2.88 bits per heavy atom. The van der Waals surface area contributed by atoms with E-state index in [2.05, 4.69) is 20.3 Å². The van der Waals surface area contributed by atoms with Gasteiger partial charge in [0.05, 0.1) is 52.0 Å². The molecule has 0 spiro atoms. The van der Waals surface area contributed by atoms with Gasteiger partial charge in [-0.25, -0.2) is 14.4 Å². The van der Waals surface area contributed by atoms with Crippen LogP contribution in [0.25, 0.3) is 33.2 Å². The Morgan fingerprint density at radius 1 is 1.29 bits per heavy atom. The predicted octanol–water partition coefficient (Wildman–Crippen LogP) is 3.79. The third-order valence-electron chi connectivity index (χ3n) is 6.93. The fourth-order valence-corrected chi connectivity index (χ4v) is 5.11. The highest BCUT2D eigenvalue weighted by Gasteiger charge is 2.27. The molecule has 4 aromatic rings. The van der Waals surface area contributed by atoms with Crippen molar-refractivity contribution < 1.29 is 9.18 Å². The SMILES string of the molecule is CNCCN(C)c1cc(-c2ccc3c(c2)ncn3[C@@H]2CCCC[C@H]2F)c2nc[nH]c2c1C(N)=O.